The summed E-state index contributed by atoms with van der Waals surface area (Å²) in [7, 11) is 3.20. The van der Waals surface area contributed by atoms with E-state index in [4.69, 9.17) is 14.5 Å². The lowest BCUT2D eigenvalue weighted by atomic mass is 9.97. The number of rotatable bonds is 8. The van der Waals surface area contributed by atoms with Crippen molar-refractivity contribution in [3.05, 3.63) is 80.1 Å². The number of hydrazine groups is 2. The summed E-state index contributed by atoms with van der Waals surface area (Å²) in [5.41, 5.74) is 12.0. The van der Waals surface area contributed by atoms with Crippen molar-refractivity contribution < 1.29 is 19.4 Å². The van der Waals surface area contributed by atoms with Crippen LogP contribution in [0.1, 0.15) is 29.2 Å². The number of carbonyl (C=O) groups excluding carboxylic acids is 1. The lowest BCUT2D eigenvalue weighted by Crippen LogP contribution is -2.45. The fourth-order valence-corrected chi connectivity index (χ4v) is 5.57. The molecule has 1 amide bonds. The molecule has 12 heteroatoms. The minimum absolute atomic E-state index is 0.0509. The van der Waals surface area contributed by atoms with Crippen LogP contribution in [0.3, 0.4) is 0 Å². The molecule has 1 aromatic heterocycles. The number of amides is 1. The molecule has 0 atom stereocenters. The maximum absolute atomic E-state index is 14.0. The van der Waals surface area contributed by atoms with Crippen LogP contribution in [-0.4, -0.2) is 52.5 Å². The number of aliphatic hydroxyl groups excluding tert-OH is 1. The Balaban J connectivity index is 1.62. The Morgan fingerprint density at radius 1 is 1.12 bits per heavy atom. The monoisotopic (exact) mass is 575 g/mol. The maximum atomic E-state index is 14.0. The van der Waals surface area contributed by atoms with Crippen molar-refractivity contribution in [3.8, 4) is 22.8 Å². The molecule has 0 radical (unpaired) electrons. The summed E-state index contributed by atoms with van der Waals surface area (Å²) in [5.74, 6) is 0.504. The molecule has 222 valence electrons. The van der Waals surface area contributed by atoms with Crippen molar-refractivity contribution in [1.82, 2.24) is 30.4 Å². The summed E-state index contributed by atoms with van der Waals surface area (Å²) >= 11 is 0. The normalized spacial score (nSPS) is 14.4. The van der Waals surface area contributed by atoms with Crippen LogP contribution in [-0.2, 0) is 24.3 Å². The van der Waals surface area contributed by atoms with Crippen LogP contribution in [0.2, 0.25) is 0 Å². The molecule has 42 heavy (non-hydrogen) atoms. The lowest BCUT2D eigenvalue weighted by Gasteiger charge is -2.25. The van der Waals surface area contributed by atoms with E-state index >= 15 is 0 Å². The minimum Gasteiger partial charge on any atom is -0.493 e. The zero-order chi connectivity index (χ0) is 30.1. The Labute approximate surface area is 243 Å². The molecular formula is C30H37N7O5. The molecule has 0 saturated carbocycles. The largest absolute Gasteiger partial charge is 0.493 e. The van der Waals surface area contributed by atoms with Crippen LogP contribution in [0.25, 0.3) is 11.3 Å². The fraction of sp³-hybridized carbons (Fsp3) is 0.367. The van der Waals surface area contributed by atoms with Crippen LogP contribution in [0.4, 0.5) is 5.69 Å². The van der Waals surface area contributed by atoms with Gasteiger partial charge >= 0.3 is 5.69 Å². The number of benzene rings is 2. The number of likely N-dealkylation sites (N-methyl/N-ethyl adjacent to an activating group) is 1. The zero-order valence-electron chi connectivity index (χ0n) is 24.8. The Hall–Kier alpha value is -4.71. The quantitative estimate of drug-likeness (QED) is 0.321. The van der Waals surface area contributed by atoms with Gasteiger partial charge in [0, 0.05) is 38.3 Å². The number of carbonyl (C=O) groups is 1. The number of aromatic nitrogens is 2. The van der Waals surface area contributed by atoms with E-state index in [1.54, 1.807) is 23.3 Å². The van der Waals surface area contributed by atoms with E-state index in [2.05, 4.69) is 28.4 Å². The van der Waals surface area contributed by atoms with Gasteiger partial charge < -0.3 is 19.9 Å². The highest BCUT2D eigenvalue weighted by Gasteiger charge is 2.26. The molecule has 0 spiro atoms. The van der Waals surface area contributed by atoms with Gasteiger partial charge in [0.15, 0.2) is 17.2 Å². The van der Waals surface area contributed by atoms with Gasteiger partial charge in [-0.3, -0.25) is 24.4 Å². The van der Waals surface area contributed by atoms with Crippen molar-refractivity contribution in [3.63, 3.8) is 0 Å². The van der Waals surface area contributed by atoms with Crippen molar-refractivity contribution in [2.24, 2.45) is 4.99 Å². The molecule has 0 unspecified atom stereocenters. The van der Waals surface area contributed by atoms with E-state index in [9.17, 15) is 14.7 Å². The van der Waals surface area contributed by atoms with Gasteiger partial charge in [-0.05, 0) is 62.9 Å². The first-order chi connectivity index (χ1) is 20.1. The molecule has 0 aliphatic carbocycles. The second kappa shape index (κ2) is 11.6. The molecule has 2 aromatic carbocycles. The van der Waals surface area contributed by atoms with Crippen molar-refractivity contribution in [1.29, 1.82) is 0 Å². The number of ether oxygens (including phenoxy) is 2. The molecule has 2 aliphatic heterocycles. The third kappa shape index (κ3) is 5.32. The third-order valence-corrected chi connectivity index (χ3v) is 7.46. The van der Waals surface area contributed by atoms with E-state index in [0.29, 0.717) is 36.6 Å². The molecule has 3 heterocycles. The van der Waals surface area contributed by atoms with Gasteiger partial charge in [0.05, 0.1) is 25.1 Å². The molecule has 0 bridgehead atoms. The Morgan fingerprint density at radius 2 is 1.86 bits per heavy atom. The highest BCUT2D eigenvalue weighted by molar-refractivity contribution is 5.93. The Bertz CT molecular complexity index is 1700. The number of hydrogen-bond acceptors (Lipinski definition) is 9. The van der Waals surface area contributed by atoms with Crippen LogP contribution in [0, 0.1) is 20.8 Å². The number of nitrogens with zero attached hydrogens (tertiary/aromatic N) is 4. The zero-order valence-corrected chi connectivity index (χ0v) is 24.8. The third-order valence-electron chi connectivity index (χ3n) is 7.46. The van der Waals surface area contributed by atoms with Gasteiger partial charge in [-0.1, -0.05) is 17.7 Å². The van der Waals surface area contributed by atoms with Crippen LogP contribution in [0.15, 0.2) is 51.7 Å². The molecule has 0 saturated heterocycles. The molecule has 3 aromatic rings. The maximum Gasteiger partial charge on any atom is 0.330 e. The number of methoxy groups -OCH3 is 1. The molecular weight excluding hydrogens is 538 g/mol. The first kappa shape index (κ1) is 28.8. The highest BCUT2D eigenvalue weighted by Crippen LogP contribution is 2.37. The smallest absolute Gasteiger partial charge is 0.330 e. The Kier molecular flexibility index (Phi) is 7.99. The van der Waals surface area contributed by atoms with Gasteiger partial charge in [0.1, 0.15) is 5.49 Å². The summed E-state index contributed by atoms with van der Waals surface area (Å²) in [6.45, 7) is 9.28. The average molecular weight is 576 g/mol. The fourth-order valence-electron chi connectivity index (χ4n) is 5.57. The van der Waals surface area contributed by atoms with E-state index in [1.165, 1.54) is 5.01 Å². The topological polar surface area (TPSA) is 134 Å². The first-order valence-corrected chi connectivity index (χ1v) is 13.9. The van der Waals surface area contributed by atoms with Crippen molar-refractivity contribution >= 4 is 11.6 Å². The molecule has 4 N–H and O–H groups in total. The first-order valence-electron chi connectivity index (χ1n) is 13.9. The average Bonchev–Trinajstić information content (AvgIpc) is 3.29. The summed E-state index contributed by atoms with van der Waals surface area (Å²) in [5, 5.41) is 14.1. The van der Waals surface area contributed by atoms with Gasteiger partial charge in [0.2, 0.25) is 5.88 Å². The lowest BCUT2D eigenvalue weighted by molar-refractivity contribution is -0.119. The van der Waals surface area contributed by atoms with Gasteiger partial charge in [0.25, 0.3) is 5.91 Å². The molecule has 2 aliphatic rings. The summed E-state index contributed by atoms with van der Waals surface area (Å²) in [6.07, 6.45) is 0.648. The minimum atomic E-state index is -0.485. The van der Waals surface area contributed by atoms with Crippen molar-refractivity contribution in [2.45, 2.75) is 47.2 Å². The van der Waals surface area contributed by atoms with Gasteiger partial charge in [-0.25, -0.2) is 9.79 Å². The van der Waals surface area contributed by atoms with Gasteiger partial charge in [-0.15, -0.1) is 5.53 Å². The van der Waals surface area contributed by atoms with Crippen LogP contribution in [0.5, 0.6) is 11.5 Å². The number of aryl methyl sites for hydroxylation is 4. The molecule has 0 fully saturated rings. The number of fused-ring (bicyclic) bond motifs is 3. The van der Waals surface area contributed by atoms with Crippen LogP contribution < -0.4 is 36.9 Å². The summed E-state index contributed by atoms with van der Waals surface area (Å²) in [4.78, 5) is 31.8. The van der Waals surface area contributed by atoms with Gasteiger partial charge in [-0.2, -0.15) is 0 Å². The highest BCUT2D eigenvalue weighted by atomic mass is 16.5. The number of aliphatic hydroxyl groups is 1. The predicted molar refractivity (Wildman–Crippen MR) is 158 cm³/mol. The van der Waals surface area contributed by atoms with E-state index in [-0.39, 0.29) is 30.4 Å². The van der Waals surface area contributed by atoms with E-state index in [0.717, 1.165) is 39.2 Å². The Morgan fingerprint density at radius 3 is 2.50 bits per heavy atom. The molecule has 5 rings (SSSR count). The second-order valence-electron chi connectivity index (χ2n) is 10.4. The summed E-state index contributed by atoms with van der Waals surface area (Å²) < 4.78 is 14.7. The number of hydrogen-bond donors (Lipinski definition) is 4. The SMILES string of the molecule is CCOc1cc2c(cc1OC)-c1c/c(=N\c3c(C)cc(C)cc3C)n(CCNC(=O)C3=C(O)NNN3C)c(=O)n1CC2. The van der Waals surface area contributed by atoms with E-state index in [1.807, 2.05) is 45.9 Å². The second-order valence-corrected chi connectivity index (χ2v) is 10.4. The molecule has 12 nitrogen and oxygen atoms in total. The standard InChI is InChI=1S/C30H37N7O5/c1-7-42-24-14-20-8-10-36-22(21(20)15-23(24)41-6)16-25(32-26-18(3)12-17(2)13-19(26)4)37(30(36)40)11-9-31-28(38)27-29(39)33-34-35(27)5/h12-16,33-34,39H,7-11H2,1-6H3,(H,31,38)/b32-25+. The summed E-state index contributed by atoms with van der Waals surface area (Å²) in [6, 6.07) is 9.96. The van der Waals surface area contributed by atoms with Crippen LogP contribution >= 0.6 is 0 Å². The predicted octanol–water partition coefficient (Wildman–Crippen LogP) is 2.24. The van der Waals surface area contributed by atoms with Crippen molar-refractivity contribution in [2.75, 3.05) is 27.3 Å². The van der Waals surface area contributed by atoms with E-state index < -0.39 is 5.91 Å². The number of nitrogens with one attached hydrogen (secondary N) is 3.